The van der Waals surface area contributed by atoms with Gasteiger partial charge in [-0.15, -0.1) is 0 Å². The van der Waals surface area contributed by atoms with E-state index in [1.807, 2.05) is 0 Å². The molecule has 4 nitrogen and oxygen atoms in total. The molecule has 28 heavy (non-hydrogen) atoms. The number of pyridine rings is 2. The van der Waals surface area contributed by atoms with E-state index >= 15 is 0 Å². The van der Waals surface area contributed by atoms with Gasteiger partial charge in [-0.25, -0.2) is 9.13 Å². The van der Waals surface area contributed by atoms with Gasteiger partial charge < -0.3 is 9.13 Å². The minimum Gasteiger partial charge on any atom is -0.354 e. The fourth-order valence-corrected chi connectivity index (χ4v) is 3.51. The molecule has 0 aromatic carbocycles. The highest BCUT2D eigenvalue weighted by Gasteiger charge is 2.06. The van der Waals surface area contributed by atoms with Crippen molar-refractivity contribution in [3.8, 4) is 11.1 Å². The van der Waals surface area contributed by atoms with E-state index in [4.69, 9.17) is 0 Å². The Kier molecular flexibility index (Phi) is 5.98. The van der Waals surface area contributed by atoms with Gasteiger partial charge in [0.05, 0.1) is 0 Å². The van der Waals surface area contributed by atoms with Gasteiger partial charge in [0.25, 0.3) is 0 Å². The molecule has 0 fully saturated rings. The molecule has 4 rings (SSSR count). The van der Waals surface area contributed by atoms with Gasteiger partial charge in [-0.1, -0.05) is 0 Å². The summed E-state index contributed by atoms with van der Waals surface area (Å²) >= 11 is 0. The van der Waals surface area contributed by atoms with E-state index in [9.17, 15) is 0 Å². The molecule has 0 saturated carbocycles. The first kappa shape index (κ1) is 18.2. The Hall–Kier alpha value is -3.14. The Labute approximate surface area is 166 Å². The molecule has 4 aromatic heterocycles. The molecule has 0 saturated heterocycles. The summed E-state index contributed by atoms with van der Waals surface area (Å²) in [7, 11) is 0. The molecule has 4 heterocycles. The summed E-state index contributed by atoms with van der Waals surface area (Å²) in [6, 6.07) is 17.1. The molecule has 0 amide bonds. The zero-order valence-electron chi connectivity index (χ0n) is 16.3. The van der Waals surface area contributed by atoms with Crippen LogP contribution < -0.4 is 9.13 Å². The van der Waals surface area contributed by atoms with Crippen LogP contribution in [0, 0.1) is 0 Å². The minimum atomic E-state index is 1.04. The topological polar surface area (TPSA) is 17.6 Å². The zero-order valence-corrected chi connectivity index (χ0v) is 16.3. The van der Waals surface area contributed by atoms with Crippen molar-refractivity contribution in [1.29, 1.82) is 0 Å². The second-order valence-electron chi connectivity index (χ2n) is 7.20. The molecule has 0 N–H and O–H groups in total. The fourth-order valence-electron chi connectivity index (χ4n) is 3.51. The van der Waals surface area contributed by atoms with Crippen molar-refractivity contribution in [2.75, 3.05) is 0 Å². The second-order valence-corrected chi connectivity index (χ2v) is 7.20. The van der Waals surface area contributed by atoms with Crippen LogP contribution in [0.4, 0.5) is 0 Å². The highest BCUT2D eigenvalue weighted by molar-refractivity contribution is 5.60. The summed E-state index contributed by atoms with van der Waals surface area (Å²) in [5.74, 6) is 0. The SMILES string of the molecule is c1ccn(CCC[n+]2ccc(-c3cc[n+](CCCn4cccc4)cc3)cc2)c1. The van der Waals surface area contributed by atoms with E-state index in [1.54, 1.807) is 0 Å². The van der Waals surface area contributed by atoms with Gasteiger partial charge in [-0.2, -0.15) is 0 Å². The van der Waals surface area contributed by atoms with E-state index in [1.165, 1.54) is 11.1 Å². The Morgan fingerprint density at radius 1 is 0.536 bits per heavy atom. The van der Waals surface area contributed by atoms with Crippen LogP contribution in [0.3, 0.4) is 0 Å². The molecule has 4 aromatic rings. The lowest BCUT2D eigenvalue weighted by Gasteiger charge is -2.03. The summed E-state index contributed by atoms with van der Waals surface area (Å²) in [5, 5.41) is 0. The highest BCUT2D eigenvalue weighted by Crippen LogP contribution is 2.15. The summed E-state index contributed by atoms with van der Waals surface area (Å²) in [4.78, 5) is 0. The van der Waals surface area contributed by atoms with E-state index in [-0.39, 0.29) is 0 Å². The van der Waals surface area contributed by atoms with Crippen LogP contribution in [0.25, 0.3) is 11.1 Å². The maximum atomic E-state index is 2.26. The van der Waals surface area contributed by atoms with Gasteiger partial charge in [-0.05, 0) is 35.4 Å². The molecular formula is C24H28N4+2. The number of aryl methyl sites for hydroxylation is 4. The molecule has 142 valence electrons. The second kappa shape index (κ2) is 9.18. The summed E-state index contributed by atoms with van der Waals surface area (Å²) in [6.07, 6.45) is 19.5. The molecule has 4 heteroatoms. The van der Waals surface area contributed by atoms with Gasteiger partial charge >= 0.3 is 0 Å². The first-order valence-electron chi connectivity index (χ1n) is 10.1. The minimum absolute atomic E-state index is 1.04. The molecule has 0 aliphatic heterocycles. The normalized spacial score (nSPS) is 11.0. The molecule has 0 unspecified atom stereocenters. The van der Waals surface area contributed by atoms with Crippen molar-refractivity contribution in [2.45, 2.75) is 39.0 Å². The van der Waals surface area contributed by atoms with E-state index in [0.717, 1.165) is 39.0 Å². The van der Waals surface area contributed by atoms with Crippen LogP contribution in [0.1, 0.15) is 12.8 Å². The Bertz CT molecular complexity index is 855. The monoisotopic (exact) mass is 372 g/mol. The highest BCUT2D eigenvalue weighted by atomic mass is 15.0. The smallest absolute Gasteiger partial charge is 0.169 e. The van der Waals surface area contributed by atoms with Crippen LogP contribution in [-0.2, 0) is 26.2 Å². The lowest BCUT2D eigenvalue weighted by Crippen LogP contribution is -2.33. The van der Waals surface area contributed by atoms with Crippen LogP contribution >= 0.6 is 0 Å². The number of nitrogens with zero attached hydrogens (tertiary/aromatic N) is 4. The molecule has 0 radical (unpaired) electrons. The van der Waals surface area contributed by atoms with Crippen LogP contribution in [0.5, 0.6) is 0 Å². The van der Waals surface area contributed by atoms with Gasteiger partial charge in [0.2, 0.25) is 0 Å². The number of rotatable bonds is 9. The maximum absolute atomic E-state index is 2.26. The average molecular weight is 373 g/mol. The molecule has 0 bridgehead atoms. The quantitative estimate of drug-likeness (QED) is 0.399. The van der Waals surface area contributed by atoms with Crippen molar-refractivity contribution in [3.63, 3.8) is 0 Å². The Morgan fingerprint density at radius 3 is 1.25 bits per heavy atom. The third kappa shape index (κ3) is 4.97. The first-order chi connectivity index (χ1) is 13.9. The van der Waals surface area contributed by atoms with Crippen LogP contribution in [-0.4, -0.2) is 9.13 Å². The van der Waals surface area contributed by atoms with Gasteiger partial charge in [-0.3, -0.25) is 0 Å². The third-order valence-corrected chi connectivity index (χ3v) is 5.11. The Morgan fingerprint density at radius 2 is 0.893 bits per heavy atom. The largest absolute Gasteiger partial charge is 0.354 e. The molecule has 0 aliphatic carbocycles. The van der Waals surface area contributed by atoms with Crippen LogP contribution in [0.15, 0.2) is 98.1 Å². The molecule has 0 spiro atoms. The number of aromatic nitrogens is 4. The van der Waals surface area contributed by atoms with Crippen molar-refractivity contribution in [3.05, 3.63) is 98.1 Å². The van der Waals surface area contributed by atoms with E-state index in [2.05, 4.69) is 116 Å². The predicted octanol–water partition coefficient (Wildman–Crippen LogP) is 3.71. The summed E-state index contributed by atoms with van der Waals surface area (Å²) < 4.78 is 8.98. The van der Waals surface area contributed by atoms with E-state index < -0.39 is 0 Å². The molecule has 0 aliphatic rings. The summed E-state index contributed by atoms with van der Waals surface area (Å²) in [6.45, 7) is 4.19. The third-order valence-electron chi connectivity index (χ3n) is 5.11. The zero-order chi connectivity index (χ0) is 19.0. The van der Waals surface area contributed by atoms with E-state index in [0.29, 0.717) is 0 Å². The fraction of sp³-hybridized carbons (Fsp3) is 0.250. The summed E-state index contributed by atoms with van der Waals surface area (Å²) in [5.41, 5.74) is 2.53. The van der Waals surface area contributed by atoms with Crippen molar-refractivity contribution in [1.82, 2.24) is 9.13 Å². The standard InChI is InChI=1S/C24H28N4/c1-2-12-25(11-1)15-5-17-27-19-7-23(8-20-27)24-9-21-28(22-10-24)18-6-16-26-13-3-4-14-26/h1-4,7-14,19-22H,5-6,15-18H2/q+2. The number of hydrogen-bond acceptors (Lipinski definition) is 0. The number of hydrogen-bond donors (Lipinski definition) is 0. The van der Waals surface area contributed by atoms with Crippen LogP contribution in [0.2, 0.25) is 0 Å². The Balaban J connectivity index is 1.27. The van der Waals surface area contributed by atoms with Gasteiger partial charge in [0.1, 0.15) is 13.1 Å². The van der Waals surface area contributed by atoms with Gasteiger partial charge in [0.15, 0.2) is 24.8 Å². The molecule has 0 atom stereocenters. The lowest BCUT2D eigenvalue weighted by atomic mass is 10.1. The lowest BCUT2D eigenvalue weighted by molar-refractivity contribution is -0.697. The maximum Gasteiger partial charge on any atom is 0.169 e. The van der Waals surface area contributed by atoms with Crippen molar-refractivity contribution < 1.29 is 9.13 Å². The first-order valence-corrected chi connectivity index (χ1v) is 10.1. The predicted molar refractivity (Wildman–Crippen MR) is 110 cm³/mol. The average Bonchev–Trinajstić information content (AvgIpc) is 3.44. The van der Waals surface area contributed by atoms with Crippen molar-refractivity contribution >= 4 is 0 Å². The van der Waals surface area contributed by atoms with Crippen molar-refractivity contribution in [2.24, 2.45) is 0 Å². The molecular weight excluding hydrogens is 344 g/mol. The van der Waals surface area contributed by atoms with Gasteiger partial charge in [0, 0.05) is 75.0 Å².